The maximum atomic E-state index is 10.8. The third-order valence-electron chi connectivity index (χ3n) is 1.69. The second-order valence-corrected chi connectivity index (χ2v) is 2.73. The molecule has 0 heterocycles. The highest BCUT2D eigenvalue weighted by molar-refractivity contribution is 5.67. The average Bonchev–Trinajstić information content (AvgIpc) is 2.75. The van der Waals surface area contributed by atoms with E-state index < -0.39 is 6.09 Å². The summed E-state index contributed by atoms with van der Waals surface area (Å²) >= 11 is 0. The Labute approximate surface area is 71.5 Å². The lowest BCUT2D eigenvalue weighted by molar-refractivity contribution is 0.118. The van der Waals surface area contributed by atoms with Gasteiger partial charge in [-0.1, -0.05) is 11.6 Å². The summed E-state index contributed by atoms with van der Waals surface area (Å²) < 4.78 is 9.49. The maximum Gasteiger partial charge on any atom is 0.408 e. The van der Waals surface area contributed by atoms with Gasteiger partial charge in [-0.25, -0.2) is 4.79 Å². The Bertz CT molecular complexity index is 200. The van der Waals surface area contributed by atoms with Gasteiger partial charge in [-0.05, 0) is 6.92 Å². The van der Waals surface area contributed by atoms with Crippen LogP contribution in [0, 0.1) is 5.92 Å². The molecule has 0 spiro atoms. The Morgan fingerprint density at radius 1 is 1.75 bits per heavy atom. The maximum absolute atomic E-state index is 10.8. The van der Waals surface area contributed by atoms with E-state index in [0.717, 1.165) is 0 Å². The number of ether oxygens (including phenoxy) is 2. The highest BCUT2D eigenvalue weighted by Gasteiger charge is 2.21. The number of methoxy groups -OCH3 is 1. The van der Waals surface area contributed by atoms with E-state index in [-0.39, 0.29) is 6.73 Å². The molecular formula is C8H13NO3. The predicted molar refractivity (Wildman–Crippen MR) is 43.6 cm³/mol. The van der Waals surface area contributed by atoms with Crippen LogP contribution in [-0.4, -0.2) is 26.5 Å². The van der Waals surface area contributed by atoms with Crippen LogP contribution in [0.4, 0.5) is 4.79 Å². The van der Waals surface area contributed by atoms with E-state index in [1.54, 1.807) is 0 Å². The van der Waals surface area contributed by atoms with E-state index in [9.17, 15) is 4.79 Å². The van der Waals surface area contributed by atoms with Crippen molar-refractivity contribution in [1.82, 2.24) is 5.32 Å². The third-order valence-corrected chi connectivity index (χ3v) is 1.69. The molecule has 4 nitrogen and oxygen atoms in total. The van der Waals surface area contributed by atoms with Crippen molar-refractivity contribution in [2.24, 2.45) is 5.92 Å². The lowest BCUT2D eigenvalue weighted by atomic mass is 10.3. The summed E-state index contributed by atoms with van der Waals surface area (Å²) in [5, 5.41) is 2.42. The van der Waals surface area contributed by atoms with E-state index in [0.29, 0.717) is 12.5 Å². The van der Waals surface area contributed by atoms with Crippen LogP contribution in [0.3, 0.4) is 0 Å². The lowest BCUT2D eigenvalue weighted by Crippen LogP contribution is -2.26. The molecule has 0 fully saturated rings. The third kappa shape index (κ3) is 2.92. The first kappa shape index (κ1) is 9.06. The average molecular weight is 171 g/mol. The van der Waals surface area contributed by atoms with Gasteiger partial charge in [0.05, 0.1) is 0 Å². The fourth-order valence-electron chi connectivity index (χ4n) is 0.796. The van der Waals surface area contributed by atoms with E-state index in [4.69, 9.17) is 4.74 Å². The van der Waals surface area contributed by atoms with E-state index in [1.807, 2.05) is 6.92 Å². The Hall–Kier alpha value is -1.03. The van der Waals surface area contributed by atoms with Gasteiger partial charge in [0, 0.05) is 13.0 Å². The number of carbonyl (C=O) groups is 1. The van der Waals surface area contributed by atoms with Gasteiger partial charge in [0.1, 0.15) is 13.3 Å². The molecule has 0 saturated heterocycles. The topological polar surface area (TPSA) is 47.6 Å². The first-order valence-electron chi connectivity index (χ1n) is 3.82. The number of alkyl carbamates (subject to hydrolysis) is 1. The highest BCUT2D eigenvalue weighted by atomic mass is 16.6. The molecule has 1 aliphatic carbocycles. The molecule has 0 aromatic carbocycles. The molecule has 1 N–H and O–H groups in total. The summed E-state index contributed by atoms with van der Waals surface area (Å²) in [6.07, 6.45) is 1.63. The Morgan fingerprint density at radius 3 is 2.92 bits per heavy atom. The van der Waals surface area contributed by atoms with Crippen molar-refractivity contribution in [3.8, 4) is 0 Å². The second-order valence-electron chi connectivity index (χ2n) is 2.73. The second kappa shape index (κ2) is 4.11. The smallest absolute Gasteiger partial charge is 0.408 e. The number of hydrogen-bond acceptors (Lipinski definition) is 3. The molecule has 1 amide bonds. The minimum absolute atomic E-state index is 0.190. The molecule has 0 aromatic rings. The van der Waals surface area contributed by atoms with Crippen molar-refractivity contribution in [2.75, 3.05) is 20.4 Å². The van der Waals surface area contributed by atoms with Gasteiger partial charge in [0.25, 0.3) is 0 Å². The van der Waals surface area contributed by atoms with Crippen LogP contribution < -0.4 is 5.32 Å². The fraction of sp³-hybridized carbons (Fsp3) is 0.625. The van der Waals surface area contributed by atoms with Crippen LogP contribution in [0.5, 0.6) is 0 Å². The monoisotopic (exact) mass is 171 g/mol. The molecule has 0 saturated carbocycles. The summed E-state index contributed by atoms with van der Waals surface area (Å²) in [6.45, 7) is 2.65. The van der Waals surface area contributed by atoms with Crippen molar-refractivity contribution in [3.05, 3.63) is 11.6 Å². The molecule has 12 heavy (non-hydrogen) atoms. The zero-order valence-electron chi connectivity index (χ0n) is 7.29. The van der Waals surface area contributed by atoms with Gasteiger partial charge < -0.3 is 9.47 Å². The first-order valence-corrected chi connectivity index (χ1v) is 3.82. The molecule has 0 radical (unpaired) electrons. The van der Waals surface area contributed by atoms with Crippen molar-refractivity contribution in [3.63, 3.8) is 0 Å². The van der Waals surface area contributed by atoms with Crippen molar-refractivity contribution in [2.45, 2.75) is 6.92 Å². The fourth-order valence-corrected chi connectivity index (χ4v) is 0.796. The summed E-state index contributed by atoms with van der Waals surface area (Å²) in [5.41, 5.74) is 1.29. The quantitative estimate of drug-likeness (QED) is 0.505. The minimum Gasteiger partial charge on any atom is -0.449 e. The Kier molecular flexibility index (Phi) is 3.10. The summed E-state index contributed by atoms with van der Waals surface area (Å²) in [4.78, 5) is 10.8. The van der Waals surface area contributed by atoms with Gasteiger partial charge in [-0.2, -0.15) is 0 Å². The van der Waals surface area contributed by atoms with E-state index >= 15 is 0 Å². The number of carbonyl (C=O) groups excluding carboxylic acids is 1. The predicted octanol–water partition coefficient (Wildman–Crippen LogP) is 0.893. The van der Waals surface area contributed by atoms with Gasteiger partial charge >= 0.3 is 6.09 Å². The zero-order valence-corrected chi connectivity index (χ0v) is 7.29. The summed E-state index contributed by atoms with van der Waals surface area (Å²) in [7, 11) is 1.51. The van der Waals surface area contributed by atoms with E-state index in [2.05, 4.69) is 16.1 Å². The zero-order chi connectivity index (χ0) is 8.97. The van der Waals surface area contributed by atoms with Crippen LogP contribution in [-0.2, 0) is 9.47 Å². The Balaban J connectivity index is 1.96. The molecule has 68 valence electrons. The lowest BCUT2D eigenvalue weighted by Gasteiger charge is -2.04. The van der Waals surface area contributed by atoms with Crippen LogP contribution in [0.1, 0.15) is 6.92 Å². The van der Waals surface area contributed by atoms with Crippen LogP contribution in [0.2, 0.25) is 0 Å². The van der Waals surface area contributed by atoms with Crippen molar-refractivity contribution in [1.29, 1.82) is 0 Å². The first-order chi connectivity index (χ1) is 5.74. The molecule has 0 bridgehead atoms. The van der Waals surface area contributed by atoms with Crippen LogP contribution in [0.25, 0.3) is 0 Å². The minimum atomic E-state index is -0.426. The number of nitrogens with one attached hydrogen (secondary N) is 1. The largest absolute Gasteiger partial charge is 0.449 e. The highest BCUT2D eigenvalue weighted by Crippen LogP contribution is 2.27. The normalized spacial score (nSPS) is 19.8. The number of rotatable bonds is 4. The number of amides is 1. The molecule has 1 rings (SSSR count). The van der Waals surface area contributed by atoms with Gasteiger partial charge in [0.2, 0.25) is 0 Å². The van der Waals surface area contributed by atoms with Gasteiger partial charge in [-0.3, -0.25) is 5.32 Å². The van der Waals surface area contributed by atoms with Crippen molar-refractivity contribution >= 4 is 6.09 Å². The number of hydrogen-bond donors (Lipinski definition) is 1. The van der Waals surface area contributed by atoms with Gasteiger partial charge in [-0.15, -0.1) is 0 Å². The van der Waals surface area contributed by atoms with Crippen LogP contribution in [0.15, 0.2) is 11.6 Å². The molecule has 4 heteroatoms. The SMILES string of the molecule is COCNC(=O)OCC1C=C1C. The molecule has 1 atom stereocenters. The van der Waals surface area contributed by atoms with E-state index in [1.165, 1.54) is 12.7 Å². The standard InChI is InChI=1S/C8H13NO3/c1-6-3-7(6)4-12-8(10)9-5-11-2/h3,7H,4-5H2,1-2H3,(H,9,10). The molecule has 0 aliphatic heterocycles. The summed E-state index contributed by atoms with van der Waals surface area (Å²) in [6, 6.07) is 0. The van der Waals surface area contributed by atoms with Crippen molar-refractivity contribution < 1.29 is 14.3 Å². The molecule has 1 unspecified atom stereocenters. The Morgan fingerprint density at radius 2 is 2.42 bits per heavy atom. The summed E-state index contributed by atoms with van der Waals surface area (Å²) in [5.74, 6) is 0.373. The van der Waals surface area contributed by atoms with Crippen LogP contribution >= 0.6 is 0 Å². The molecule has 0 aromatic heterocycles. The molecular weight excluding hydrogens is 158 g/mol. The molecule has 1 aliphatic rings. The van der Waals surface area contributed by atoms with Gasteiger partial charge in [0.15, 0.2) is 0 Å².